The molecule has 0 atom stereocenters. The summed E-state index contributed by atoms with van der Waals surface area (Å²) in [6.07, 6.45) is 6.41. The third-order valence-corrected chi connectivity index (χ3v) is 3.24. The number of carbonyl (C=O) groups excluding carboxylic acids is 1. The Kier molecular flexibility index (Phi) is 10.1. The number of nitrogens with zero attached hydrogens (tertiary/aromatic N) is 1. The van der Waals surface area contributed by atoms with Gasteiger partial charge in [0.2, 0.25) is 5.91 Å². The molecule has 0 bridgehead atoms. The zero-order chi connectivity index (χ0) is 14.0. The number of hydrogen-bond donors (Lipinski definition) is 0. The highest BCUT2D eigenvalue weighted by Gasteiger charge is 2.12. The van der Waals surface area contributed by atoms with Crippen molar-refractivity contribution in [3.63, 3.8) is 0 Å². The van der Waals surface area contributed by atoms with Crippen LogP contribution in [0, 0.1) is 11.8 Å². The molecule has 0 N–H and O–H groups in total. The summed E-state index contributed by atoms with van der Waals surface area (Å²) in [7, 11) is 0. The molecule has 0 spiro atoms. The van der Waals surface area contributed by atoms with Crippen molar-refractivity contribution in [2.75, 3.05) is 13.1 Å². The third kappa shape index (κ3) is 9.49. The Morgan fingerprint density at radius 2 is 1.39 bits per heavy atom. The van der Waals surface area contributed by atoms with Crippen LogP contribution in [0.25, 0.3) is 0 Å². The molecular weight excluding hydrogens is 222 g/mol. The molecule has 0 aromatic carbocycles. The summed E-state index contributed by atoms with van der Waals surface area (Å²) in [6.45, 7) is 13.0. The molecule has 0 unspecified atom stereocenters. The lowest BCUT2D eigenvalue weighted by atomic mass is 10.1. The lowest BCUT2D eigenvalue weighted by molar-refractivity contribution is -0.131. The normalized spacial score (nSPS) is 11.3. The van der Waals surface area contributed by atoms with Gasteiger partial charge in [0.1, 0.15) is 0 Å². The van der Waals surface area contributed by atoms with E-state index < -0.39 is 0 Å². The smallest absolute Gasteiger partial charge is 0.222 e. The first-order chi connectivity index (χ1) is 8.47. The Balaban J connectivity index is 4.03. The zero-order valence-corrected chi connectivity index (χ0v) is 13.2. The van der Waals surface area contributed by atoms with Crippen LogP contribution in [0.15, 0.2) is 0 Å². The average molecular weight is 255 g/mol. The minimum absolute atomic E-state index is 0.352. The van der Waals surface area contributed by atoms with E-state index in [2.05, 4.69) is 39.5 Å². The predicted octanol–water partition coefficient (Wildman–Crippen LogP) is 4.49. The summed E-state index contributed by atoms with van der Waals surface area (Å²) in [6, 6.07) is 0. The number of hydrogen-bond acceptors (Lipinski definition) is 1. The van der Waals surface area contributed by atoms with Crippen LogP contribution >= 0.6 is 0 Å². The first kappa shape index (κ1) is 17.5. The molecule has 0 aromatic rings. The van der Waals surface area contributed by atoms with Gasteiger partial charge < -0.3 is 4.90 Å². The van der Waals surface area contributed by atoms with Gasteiger partial charge in [0, 0.05) is 19.5 Å². The molecule has 0 saturated heterocycles. The lowest BCUT2D eigenvalue weighted by Gasteiger charge is -2.23. The number of carbonyl (C=O) groups is 1. The van der Waals surface area contributed by atoms with Gasteiger partial charge in [-0.3, -0.25) is 4.79 Å². The second-order valence-electron chi connectivity index (χ2n) is 6.20. The van der Waals surface area contributed by atoms with E-state index in [0.29, 0.717) is 12.3 Å². The van der Waals surface area contributed by atoms with Crippen molar-refractivity contribution in [1.82, 2.24) is 4.90 Å². The Morgan fingerprint density at radius 1 is 0.944 bits per heavy atom. The van der Waals surface area contributed by atoms with Crippen LogP contribution in [0.3, 0.4) is 0 Å². The van der Waals surface area contributed by atoms with Crippen molar-refractivity contribution in [3.8, 4) is 0 Å². The Labute approximate surface area is 114 Å². The highest BCUT2D eigenvalue weighted by Crippen LogP contribution is 2.10. The van der Waals surface area contributed by atoms with Crippen LogP contribution < -0.4 is 0 Å². The first-order valence-electron chi connectivity index (χ1n) is 7.75. The van der Waals surface area contributed by atoms with Gasteiger partial charge in [-0.2, -0.15) is 0 Å². The van der Waals surface area contributed by atoms with Gasteiger partial charge in [0.15, 0.2) is 0 Å². The second kappa shape index (κ2) is 10.4. The molecule has 108 valence electrons. The van der Waals surface area contributed by atoms with Crippen LogP contribution in [-0.2, 0) is 4.79 Å². The van der Waals surface area contributed by atoms with Gasteiger partial charge in [-0.1, -0.05) is 34.6 Å². The van der Waals surface area contributed by atoms with Gasteiger partial charge >= 0.3 is 0 Å². The van der Waals surface area contributed by atoms with E-state index in [1.54, 1.807) is 0 Å². The SMILES string of the molecule is CCCC(=O)N(CCCC(C)C)CCCC(C)C. The fraction of sp³-hybridized carbons (Fsp3) is 0.938. The standard InChI is InChI=1S/C16H33NO/c1-6-9-16(18)17(12-7-10-14(2)3)13-8-11-15(4)5/h14-15H,6-13H2,1-5H3. The fourth-order valence-electron chi connectivity index (χ4n) is 2.11. The molecule has 0 aliphatic carbocycles. The quantitative estimate of drug-likeness (QED) is 0.563. The Morgan fingerprint density at radius 3 is 1.72 bits per heavy atom. The zero-order valence-electron chi connectivity index (χ0n) is 13.2. The van der Waals surface area contributed by atoms with E-state index in [-0.39, 0.29) is 0 Å². The largest absolute Gasteiger partial charge is 0.343 e. The van der Waals surface area contributed by atoms with E-state index in [1.807, 2.05) is 0 Å². The van der Waals surface area contributed by atoms with Gasteiger partial charge in [-0.15, -0.1) is 0 Å². The van der Waals surface area contributed by atoms with Crippen LogP contribution in [0.1, 0.15) is 73.1 Å². The van der Waals surface area contributed by atoms with Crippen molar-refractivity contribution in [3.05, 3.63) is 0 Å². The Bertz CT molecular complexity index is 197. The second-order valence-corrected chi connectivity index (χ2v) is 6.20. The summed E-state index contributed by atoms with van der Waals surface area (Å²) in [4.78, 5) is 14.1. The van der Waals surface area contributed by atoms with Crippen LogP contribution in [0.2, 0.25) is 0 Å². The summed E-state index contributed by atoms with van der Waals surface area (Å²) in [5, 5.41) is 0. The van der Waals surface area contributed by atoms with Gasteiger partial charge in [0.25, 0.3) is 0 Å². The molecule has 0 rings (SSSR count). The molecule has 0 saturated carbocycles. The maximum Gasteiger partial charge on any atom is 0.222 e. The van der Waals surface area contributed by atoms with Crippen LogP contribution in [-0.4, -0.2) is 23.9 Å². The molecule has 0 heterocycles. The lowest BCUT2D eigenvalue weighted by Crippen LogP contribution is -2.33. The highest BCUT2D eigenvalue weighted by molar-refractivity contribution is 5.76. The summed E-state index contributed by atoms with van der Waals surface area (Å²) in [5.41, 5.74) is 0. The highest BCUT2D eigenvalue weighted by atomic mass is 16.2. The maximum atomic E-state index is 12.0. The minimum atomic E-state index is 0.352. The monoisotopic (exact) mass is 255 g/mol. The van der Waals surface area contributed by atoms with Crippen molar-refractivity contribution >= 4 is 5.91 Å². The molecule has 0 aromatic heterocycles. The molecule has 0 aliphatic heterocycles. The van der Waals surface area contributed by atoms with E-state index in [0.717, 1.165) is 44.2 Å². The molecule has 18 heavy (non-hydrogen) atoms. The number of rotatable bonds is 10. The molecule has 2 nitrogen and oxygen atoms in total. The fourth-order valence-corrected chi connectivity index (χ4v) is 2.11. The van der Waals surface area contributed by atoms with Crippen molar-refractivity contribution in [2.24, 2.45) is 11.8 Å². The third-order valence-electron chi connectivity index (χ3n) is 3.24. The van der Waals surface area contributed by atoms with Crippen molar-refractivity contribution < 1.29 is 4.79 Å². The van der Waals surface area contributed by atoms with Gasteiger partial charge in [-0.05, 0) is 43.9 Å². The first-order valence-corrected chi connectivity index (χ1v) is 7.75. The molecule has 0 aliphatic rings. The molecular formula is C16H33NO. The van der Waals surface area contributed by atoms with Crippen LogP contribution in [0.5, 0.6) is 0 Å². The van der Waals surface area contributed by atoms with E-state index in [9.17, 15) is 4.79 Å². The summed E-state index contributed by atoms with van der Waals surface area (Å²) >= 11 is 0. The molecule has 0 radical (unpaired) electrons. The minimum Gasteiger partial charge on any atom is -0.343 e. The van der Waals surface area contributed by atoms with Crippen molar-refractivity contribution in [2.45, 2.75) is 73.1 Å². The number of amides is 1. The maximum absolute atomic E-state index is 12.0. The predicted molar refractivity (Wildman–Crippen MR) is 79.6 cm³/mol. The van der Waals surface area contributed by atoms with E-state index in [4.69, 9.17) is 0 Å². The van der Waals surface area contributed by atoms with Gasteiger partial charge in [0.05, 0.1) is 0 Å². The average Bonchev–Trinajstić information content (AvgIpc) is 2.26. The molecule has 1 amide bonds. The van der Waals surface area contributed by atoms with E-state index in [1.165, 1.54) is 12.8 Å². The Hall–Kier alpha value is -0.530. The van der Waals surface area contributed by atoms with Crippen LogP contribution in [0.4, 0.5) is 0 Å². The molecule has 0 fully saturated rings. The topological polar surface area (TPSA) is 20.3 Å². The summed E-state index contributed by atoms with van der Waals surface area (Å²) in [5.74, 6) is 1.83. The van der Waals surface area contributed by atoms with E-state index >= 15 is 0 Å². The summed E-state index contributed by atoms with van der Waals surface area (Å²) < 4.78 is 0. The van der Waals surface area contributed by atoms with Gasteiger partial charge in [-0.25, -0.2) is 0 Å². The van der Waals surface area contributed by atoms with Crippen molar-refractivity contribution in [1.29, 1.82) is 0 Å². The molecule has 2 heteroatoms.